The van der Waals surface area contributed by atoms with Crippen LogP contribution in [0.5, 0.6) is 0 Å². The van der Waals surface area contributed by atoms with Gasteiger partial charge in [0, 0.05) is 0 Å². The van der Waals surface area contributed by atoms with Gasteiger partial charge in [-0.3, -0.25) is 4.79 Å². The van der Waals surface area contributed by atoms with E-state index in [1.165, 1.54) is 0 Å². The van der Waals surface area contributed by atoms with Crippen molar-refractivity contribution in [1.82, 2.24) is 5.32 Å². The minimum atomic E-state index is 0.0209. The van der Waals surface area contributed by atoms with Gasteiger partial charge in [-0.15, -0.1) is 0 Å². The van der Waals surface area contributed by atoms with Crippen LogP contribution in [0.2, 0.25) is 0 Å². The minimum absolute atomic E-state index is 0.0209. The number of rotatable bonds is 4. The van der Waals surface area contributed by atoms with E-state index < -0.39 is 0 Å². The van der Waals surface area contributed by atoms with Gasteiger partial charge in [0.1, 0.15) is 0 Å². The van der Waals surface area contributed by atoms with Crippen LogP contribution in [0.25, 0.3) is 0 Å². The first-order chi connectivity index (χ1) is 7.27. The molecule has 1 aliphatic rings. The van der Waals surface area contributed by atoms with Crippen molar-refractivity contribution in [3.8, 4) is 0 Å². The van der Waals surface area contributed by atoms with Crippen LogP contribution in [0.3, 0.4) is 0 Å². The molecule has 2 nitrogen and oxygen atoms in total. The maximum Gasteiger partial charge on any atom is 0.207 e. The Balaban J connectivity index is 2.84. The van der Waals surface area contributed by atoms with Crippen LogP contribution in [0, 0.1) is 0 Å². The number of carbonyl (C=O) groups excluding carboxylic acids is 1. The van der Waals surface area contributed by atoms with E-state index in [1.807, 2.05) is 43.4 Å². The molecule has 1 amide bonds. The molecule has 0 spiro atoms. The summed E-state index contributed by atoms with van der Waals surface area (Å²) in [6.45, 7) is 5.66. The third-order valence-corrected chi connectivity index (χ3v) is 2.21. The lowest BCUT2D eigenvalue weighted by Crippen LogP contribution is -2.25. The highest BCUT2D eigenvalue weighted by molar-refractivity contribution is 5.50. The molecule has 1 atom stereocenters. The second kappa shape index (κ2) is 5.81. The standard InChI is InChI=1S/C13H15NO/c1-3-12-6-4-5-7-13(9-8-12)11(2)14-10-15/h3-11H,1H2,2H3,(H,14,15)/t11-/m1/s1. The van der Waals surface area contributed by atoms with Crippen LogP contribution >= 0.6 is 0 Å². The average Bonchev–Trinajstić information content (AvgIpc) is 2.18. The van der Waals surface area contributed by atoms with E-state index in [4.69, 9.17) is 0 Å². The Kier molecular flexibility index (Phi) is 4.35. The Bertz CT molecular complexity index is 359. The van der Waals surface area contributed by atoms with E-state index in [1.54, 1.807) is 6.08 Å². The van der Waals surface area contributed by atoms with Gasteiger partial charge in [0.15, 0.2) is 0 Å². The van der Waals surface area contributed by atoms with Crippen molar-refractivity contribution in [2.75, 3.05) is 0 Å². The molecule has 2 heteroatoms. The Morgan fingerprint density at radius 3 is 2.73 bits per heavy atom. The van der Waals surface area contributed by atoms with E-state index in [0.29, 0.717) is 6.41 Å². The zero-order valence-corrected chi connectivity index (χ0v) is 8.81. The topological polar surface area (TPSA) is 29.1 Å². The fourth-order valence-corrected chi connectivity index (χ4v) is 1.26. The van der Waals surface area contributed by atoms with E-state index in [0.717, 1.165) is 11.1 Å². The third kappa shape index (κ3) is 3.43. The van der Waals surface area contributed by atoms with Crippen molar-refractivity contribution in [2.24, 2.45) is 0 Å². The summed E-state index contributed by atoms with van der Waals surface area (Å²) >= 11 is 0. The first-order valence-electron chi connectivity index (χ1n) is 4.86. The summed E-state index contributed by atoms with van der Waals surface area (Å²) in [6, 6.07) is 0.0209. The Hall–Kier alpha value is -1.83. The van der Waals surface area contributed by atoms with Crippen molar-refractivity contribution in [2.45, 2.75) is 13.0 Å². The summed E-state index contributed by atoms with van der Waals surface area (Å²) < 4.78 is 0. The van der Waals surface area contributed by atoms with Gasteiger partial charge in [-0.1, -0.05) is 49.1 Å². The molecule has 0 bridgehead atoms. The van der Waals surface area contributed by atoms with Gasteiger partial charge >= 0.3 is 0 Å². The summed E-state index contributed by atoms with van der Waals surface area (Å²) in [5.74, 6) is 0. The predicted octanol–water partition coefficient (Wildman–Crippen LogP) is 2.29. The van der Waals surface area contributed by atoms with Gasteiger partial charge in [0.2, 0.25) is 6.41 Å². The van der Waals surface area contributed by atoms with E-state index in [9.17, 15) is 4.79 Å². The predicted molar refractivity (Wildman–Crippen MR) is 63.3 cm³/mol. The van der Waals surface area contributed by atoms with Crippen molar-refractivity contribution in [1.29, 1.82) is 0 Å². The molecule has 15 heavy (non-hydrogen) atoms. The van der Waals surface area contributed by atoms with E-state index >= 15 is 0 Å². The first kappa shape index (κ1) is 11.2. The number of allylic oxidation sites excluding steroid dienone is 7. The van der Waals surface area contributed by atoms with Crippen LogP contribution in [0.15, 0.2) is 60.3 Å². The van der Waals surface area contributed by atoms with Crippen molar-refractivity contribution < 1.29 is 4.79 Å². The lowest BCUT2D eigenvalue weighted by atomic mass is 10.0. The molecular weight excluding hydrogens is 186 g/mol. The zero-order valence-electron chi connectivity index (χ0n) is 8.81. The second-order valence-corrected chi connectivity index (χ2v) is 3.26. The smallest absolute Gasteiger partial charge is 0.207 e. The zero-order chi connectivity index (χ0) is 11.1. The molecule has 0 unspecified atom stereocenters. The molecule has 1 N–H and O–H groups in total. The van der Waals surface area contributed by atoms with Crippen molar-refractivity contribution in [3.05, 3.63) is 60.3 Å². The van der Waals surface area contributed by atoms with Crippen LogP contribution in [0.1, 0.15) is 6.92 Å². The molecule has 0 fully saturated rings. The Morgan fingerprint density at radius 1 is 1.33 bits per heavy atom. The summed E-state index contributed by atoms with van der Waals surface area (Å²) in [5, 5.41) is 2.72. The molecule has 0 aromatic rings. The lowest BCUT2D eigenvalue weighted by molar-refractivity contribution is -0.109. The Morgan fingerprint density at radius 2 is 2.07 bits per heavy atom. The quantitative estimate of drug-likeness (QED) is 0.695. The summed E-state index contributed by atoms with van der Waals surface area (Å²) in [4.78, 5) is 10.3. The molecular formula is C13H15NO. The molecule has 0 saturated carbocycles. The fraction of sp³-hybridized carbons (Fsp3) is 0.154. The minimum Gasteiger partial charge on any atom is -0.352 e. The number of hydrogen-bond donors (Lipinski definition) is 1. The number of hydrogen-bond acceptors (Lipinski definition) is 1. The molecule has 0 radical (unpaired) electrons. The van der Waals surface area contributed by atoms with Crippen LogP contribution in [-0.2, 0) is 4.79 Å². The largest absolute Gasteiger partial charge is 0.352 e. The molecule has 78 valence electrons. The maximum atomic E-state index is 10.3. The van der Waals surface area contributed by atoms with Gasteiger partial charge < -0.3 is 5.32 Å². The van der Waals surface area contributed by atoms with Crippen LogP contribution < -0.4 is 5.32 Å². The molecule has 0 heterocycles. The highest BCUT2D eigenvalue weighted by atomic mass is 16.1. The van der Waals surface area contributed by atoms with E-state index in [2.05, 4.69) is 11.9 Å². The number of carbonyl (C=O) groups is 1. The Labute approximate surface area is 90.4 Å². The van der Waals surface area contributed by atoms with Gasteiger partial charge in [0.05, 0.1) is 6.04 Å². The molecule has 1 aliphatic carbocycles. The average molecular weight is 201 g/mol. The van der Waals surface area contributed by atoms with Crippen LogP contribution in [0.4, 0.5) is 0 Å². The second-order valence-electron chi connectivity index (χ2n) is 3.26. The molecule has 1 rings (SSSR count). The van der Waals surface area contributed by atoms with Gasteiger partial charge in [-0.2, -0.15) is 0 Å². The molecule has 0 aromatic carbocycles. The number of nitrogens with one attached hydrogen (secondary N) is 1. The highest BCUT2D eigenvalue weighted by Crippen LogP contribution is 2.10. The summed E-state index contributed by atoms with van der Waals surface area (Å²) in [6.07, 6.45) is 14.3. The van der Waals surface area contributed by atoms with E-state index in [-0.39, 0.29) is 6.04 Å². The number of amides is 1. The van der Waals surface area contributed by atoms with Gasteiger partial charge in [-0.25, -0.2) is 0 Å². The van der Waals surface area contributed by atoms with Crippen LogP contribution in [-0.4, -0.2) is 12.5 Å². The monoisotopic (exact) mass is 201 g/mol. The maximum absolute atomic E-state index is 10.3. The highest BCUT2D eigenvalue weighted by Gasteiger charge is 2.03. The molecule has 0 aliphatic heterocycles. The summed E-state index contributed by atoms with van der Waals surface area (Å²) in [5.41, 5.74) is 2.11. The third-order valence-electron chi connectivity index (χ3n) is 2.21. The van der Waals surface area contributed by atoms with Crippen molar-refractivity contribution in [3.63, 3.8) is 0 Å². The molecule has 0 aromatic heterocycles. The van der Waals surface area contributed by atoms with Gasteiger partial charge in [0.25, 0.3) is 0 Å². The fourth-order valence-electron chi connectivity index (χ4n) is 1.26. The summed E-state index contributed by atoms with van der Waals surface area (Å²) in [7, 11) is 0. The molecule has 0 saturated heterocycles. The normalized spacial score (nSPS) is 16.9. The SMILES string of the molecule is C=CC1=CC=CC=C([C@@H](C)NC=O)C=C1. The lowest BCUT2D eigenvalue weighted by Gasteiger charge is -2.11. The van der Waals surface area contributed by atoms with Gasteiger partial charge in [-0.05, 0) is 18.1 Å². The first-order valence-corrected chi connectivity index (χ1v) is 4.86. The van der Waals surface area contributed by atoms with Crippen molar-refractivity contribution >= 4 is 6.41 Å².